The smallest absolute Gasteiger partial charge is 0.338 e. The summed E-state index contributed by atoms with van der Waals surface area (Å²) in [4.78, 5) is 24.6. The zero-order valence-electron chi connectivity index (χ0n) is 16.8. The van der Waals surface area contributed by atoms with Crippen LogP contribution >= 0.6 is 0 Å². The molecular weight excluding hydrogens is 418 g/mol. The fraction of sp³-hybridized carbons (Fsp3) is 0.130. The minimum atomic E-state index is -3.84. The third kappa shape index (κ3) is 5.78. The van der Waals surface area contributed by atoms with E-state index < -0.39 is 28.4 Å². The molecule has 0 aromatic heterocycles. The molecule has 1 N–H and O–H groups in total. The van der Waals surface area contributed by atoms with Crippen molar-refractivity contribution in [3.05, 3.63) is 95.6 Å². The highest BCUT2D eigenvalue weighted by atomic mass is 32.2. The van der Waals surface area contributed by atoms with E-state index in [-0.39, 0.29) is 17.0 Å². The van der Waals surface area contributed by atoms with Gasteiger partial charge in [0.15, 0.2) is 6.61 Å². The van der Waals surface area contributed by atoms with Gasteiger partial charge in [0.05, 0.1) is 23.1 Å². The van der Waals surface area contributed by atoms with Crippen LogP contribution in [0.2, 0.25) is 0 Å². The molecule has 0 aliphatic carbocycles. The van der Waals surface area contributed by atoms with E-state index in [0.717, 1.165) is 5.56 Å². The first-order valence-electron chi connectivity index (χ1n) is 9.38. The normalized spacial score (nSPS) is 11.0. The van der Waals surface area contributed by atoms with Crippen LogP contribution in [0.5, 0.6) is 5.75 Å². The average Bonchev–Trinajstić information content (AvgIpc) is 2.81. The van der Waals surface area contributed by atoms with Gasteiger partial charge >= 0.3 is 5.97 Å². The Labute approximate surface area is 180 Å². The Balaban J connectivity index is 1.66. The monoisotopic (exact) mass is 439 g/mol. The first kappa shape index (κ1) is 22.2. The number of rotatable bonds is 9. The Morgan fingerprint density at radius 2 is 1.61 bits per heavy atom. The van der Waals surface area contributed by atoms with Crippen LogP contribution in [0.25, 0.3) is 0 Å². The lowest BCUT2D eigenvalue weighted by atomic mass is 10.1. The second-order valence-electron chi connectivity index (χ2n) is 6.54. The van der Waals surface area contributed by atoms with Crippen LogP contribution in [0.3, 0.4) is 0 Å². The van der Waals surface area contributed by atoms with Crippen molar-refractivity contribution < 1.29 is 27.5 Å². The molecule has 0 heterocycles. The van der Waals surface area contributed by atoms with Gasteiger partial charge in [-0.3, -0.25) is 4.79 Å². The van der Waals surface area contributed by atoms with Crippen molar-refractivity contribution in [1.29, 1.82) is 0 Å². The lowest BCUT2D eigenvalue weighted by Gasteiger charge is -2.10. The summed E-state index contributed by atoms with van der Waals surface area (Å²) in [5, 5.41) is 0. The second-order valence-corrected chi connectivity index (χ2v) is 8.30. The van der Waals surface area contributed by atoms with Crippen molar-refractivity contribution in [2.75, 3.05) is 13.7 Å². The van der Waals surface area contributed by atoms with Crippen LogP contribution in [0, 0.1) is 0 Å². The van der Waals surface area contributed by atoms with E-state index in [0.29, 0.717) is 11.3 Å². The van der Waals surface area contributed by atoms with Gasteiger partial charge in [-0.1, -0.05) is 48.5 Å². The Morgan fingerprint density at radius 3 is 2.35 bits per heavy atom. The maximum Gasteiger partial charge on any atom is 0.338 e. The second kappa shape index (κ2) is 10.0. The topological polar surface area (TPSA) is 98.8 Å². The predicted octanol–water partition coefficient (Wildman–Crippen LogP) is 3.21. The van der Waals surface area contributed by atoms with E-state index in [1.54, 1.807) is 36.4 Å². The third-order valence-electron chi connectivity index (χ3n) is 4.43. The number of ether oxygens (including phenoxy) is 2. The average molecular weight is 439 g/mol. The number of benzene rings is 3. The zero-order valence-corrected chi connectivity index (χ0v) is 17.6. The molecule has 0 saturated carbocycles. The van der Waals surface area contributed by atoms with Crippen molar-refractivity contribution in [1.82, 2.24) is 4.72 Å². The number of nitrogens with one attached hydrogen (secondary N) is 1. The molecule has 31 heavy (non-hydrogen) atoms. The van der Waals surface area contributed by atoms with E-state index in [1.807, 2.05) is 18.2 Å². The Kier molecular flexibility index (Phi) is 7.17. The maximum absolute atomic E-state index is 12.6. The van der Waals surface area contributed by atoms with E-state index in [2.05, 4.69) is 4.72 Å². The molecule has 0 aliphatic rings. The molecule has 0 fully saturated rings. The van der Waals surface area contributed by atoms with E-state index in [9.17, 15) is 18.0 Å². The Morgan fingerprint density at radius 1 is 0.903 bits per heavy atom. The molecular formula is C23H21NO6S. The molecule has 0 amide bonds. The molecule has 0 atom stereocenters. The largest absolute Gasteiger partial charge is 0.496 e. The summed E-state index contributed by atoms with van der Waals surface area (Å²) in [5.41, 5.74) is 1.12. The summed E-state index contributed by atoms with van der Waals surface area (Å²) in [6.07, 6.45) is 0. The van der Waals surface area contributed by atoms with Crippen LogP contribution in [-0.2, 0) is 21.3 Å². The summed E-state index contributed by atoms with van der Waals surface area (Å²) in [7, 11) is -2.40. The molecule has 3 rings (SSSR count). The van der Waals surface area contributed by atoms with Gasteiger partial charge in [0.1, 0.15) is 5.75 Å². The van der Waals surface area contributed by atoms with Gasteiger partial charge < -0.3 is 9.47 Å². The van der Waals surface area contributed by atoms with Crippen molar-refractivity contribution >= 4 is 21.8 Å². The summed E-state index contributed by atoms with van der Waals surface area (Å²) in [6, 6.07) is 21.1. The van der Waals surface area contributed by atoms with Gasteiger partial charge in [-0.15, -0.1) is 0 Å². The summed E-state index contributed by atoms with van der Waals surface area (Å²) >= 11 is 0. The number of carbonyl (C=O) groups excluding carboxylic acids is 2. The van der Waals surface area contributed by atoms with Gasteiger partial charge in [-0.05, 0) is 35.9 Å². The maximum atomic E-state index is 12.6. The molecule has 0 saturated heterocycles. The number of carbonyl (C=O) groups is 2. The van der Waals surface area contributed by atoms with Gasteiger partial charge in [-0.25, -0.2) is 17.9 Å². The molecule has 0 radical (unpaired) electrons. The molecule has 0 unspecified atom stereocenters. The van der Waals surface area contributed by atoms with Crippen molar-refractivity contribution in [3.8, 4) is 5.75 Å². The highest BCUT2D eigenvalue weighted by molar-refractivity contribution is 7.89. The molecule has 0 bridgehead atoms. The number of para-hydroxylation sites is 1. The molecule has 160 valence electrons. The summed E-state index contributed by atoms with van der Waals surface area (Å²) < 4.78 is 37.8. The van der Waals surface area contributed by atoms with E-state index >= 15 is 0 Å². The number of hydrogen-bond acceptors (Lipinski definition) is 6. The first-order valence-corrected chi connectivity index (χ1v) is 10.9. The number of ketones is 1. The van der Waals surface area contributed by atoms with E-state index in [4.69, 9.17) is 9.47 Å². The number of methoxy groups -OCH3 is 1. The van der Waals surface area contributed by atoms with Crippen molar-refractivity contribution in [2.24, 2.45) is 0 Å². The molecule has 8 heteroatoms. The standard InChI is InChI=1S/C23H21NO6S/c1-29-22-13-6-5-12-20(22)21(25)16-30-23(26)18-10-7-11-19(14-18)31(27,28)24-15-17-8-3-2-4-9-17/h2-14,24H,15-16H2,1H3. The summed E-state index contributed by atoms with van der Waals surface area (Å²) in [5.74, 6) is -0.858. The fourth-order valence-electron chi connectivity index (χ4n) is 2.81. The van der Waals surface area contributed by atoms with Crippen LogP contribution in [0.15, 0.2) is 83.8 Å². The van der Waals surface area contributed by atoms with Crippen molar-refractivity contribution in [2.45, 2.75) is 11.4 Å². The highest BCUT2D eigenvalue weighted by Gasteiger charge is 2.18. The van der Waals surface area contributed by atoms with E-state index in [1.165, 1.54) is 31.4 Å². The third-order valence-corrected chi connectivity index (χ3v) is 5.83. The number of Topliss-reactive ketones (excluding diaryl/α,β-unsaturated/α-hetero) is 1. The predicted molar refractivity (Wildman–Crippen MR) is 115 cm³/mol. The first-order chi connectivity index (χ1) is 14.9. The minimum absolute atomic E-state index is 0.0235. The lowest BCUT2D eigenvalue weighted by Crippen LogP contribution is -2.23. The minimum Gasteiger partial charge on any atom is -0.496 e. The number of sulfonamides is 1. The Bertz CT molecular complexity index is 1180. The molecule has 0 spiro atoms. The number of esters is 1. The van der Waals surface area contributed by atoms with Crippen molar-refractivity contribution in [3.63, 3.8) is 0 Å². The summed E-state index contributed by atoms with van der Waals surface area (Å²) in [6.45, 7) is -0.381. The van der Waals surface area contributed by atoms with Gasteiger partial charge in [0.25, 0.3) is 0 Å². The van der Waals surface area contributed by atoms with Crippen LogP contribution < -0.4 is 9.46 Å². The SMILES string of the molecule is COc1ccccc1C(=O)COC(=O)c1cccc(S(=O)(=O)NCc2ccccc2)c1. The zero-order chi connectivity index (χ0) is 22.3. The molecule has 7 nitrogen and oxygen atoms in total. The molecule has 3 aromatic carbocycles. The molecule has 0 aliphatic heterocycles. The highest BCUT2D eigenvalue weighted by Crippen LogP contribution is 2.18. The van der Waals surface area contributed by atoms with Gasteiger partial charge in [0, 0.05) is 6.54 Å². The Hall–Kier alpha value is -3.49. The van der Waals surface area contributed by atoms with Crippen LogP contribution in [0.4, 0.5) is 0 Å². The van der Waals surface area contributed by atoms with Crippen LogP contribution in [0.1, 0.15) is 26.3 Å². The van der Waals surface area contributed by atoms with Gasteiger partial charge in [-0.2, -0.15) is 0 Å². The lowest BCUT2D eigenvalue weighted by molar-refractivity contribution is 0.0473. The molecule has 3 aromatic rings. The quantitative estimate of drug-likeness (QED) is 0.406. The number of hydrogen-bond donors (Lipinski definition) is 1. The fourth-order valence-corrected chi connectivity index (χ4v) is 3.88. The van der Waals surface area contributed by atoms with Gasteiger partial charge in [0.2, 0.25) is 15.8 Å². The van der Waals surface area contributed by atoms with Crippen LogP contribution in [-0.4, -0.2) is 33.9 Å².